The number of rotatable bonds is 0. The molecule has 5 atom stereocenters. The predicted molar refractivity (Wildman–Crippen MR) is 82.6 cm³/mol. The monoisotopic (exact) mass is 286 g/mol. The first-order valence-corrected chi connectivity index (χ1v) is 8.50. The van der Waals surface area contributed by atoms with Gasteiger partial charge in [0.15, 0.2) is 0 Å². The maximum atomic E-state index is 12.2. The van der Waals surface area contributed by atoms with E-state index >= 15 is 0 Å². The molecule has 0 bridgehead atoms. The lowest BCUT2D eigenvalue weighted by molar-refractivity contribution is -0.148. The van der Waals surface area contributed by atoms with E-state index in [9.17, 15) is 4.79 Å². The number of carbonyl (C=O) groups is 1. The zero-order valence-corrected chi connectivity index (χ0v) is 13.4. The molecule has 4 aliphatic rings. The smallest absolute Gasteiger partial charge is 0.312 e. The highest BCUT2D eigenvalue weighted by Crippen LogP contribution is 2.62. The van der Waals surface area contributed by atoms with E-state index in [1.165, 1.54) is 24.8 Å². The van der Waals surface area contributed by atoms with Crippen LogP contribution in [-0.2, 0) is 9.53 Å². The number of ether oxygens (including phenoxy) is 1. The average molecular weight is 286 g/mol. The molecule has 114 valence electrons. The molecule has 0 aromatic carbocycles. The van der Waals surface area contributed by atoms with E-state index in [1.807, 2.05) is 0 Å². The van der Waals surface area contributed by atoms with Crippen molar-refractivity contribution in [1.29, 1.82) is 0 Å². The van der Waals surface area contributed by atoms with Crippen molar-refractivity contribution < 1.29 is 9.53 Å². The average Bonchev–Trinajstić information content (AvgIpc) is 2.76. The lowest BCUT2D eigenvalue weighted by Crippen LogP contribution is -2.49. The van der Waals surface area contributed by atoms with Gasteiger partial charge in [-0.3, -0.25) is 4.79 Å². The minimum absolute atomic E-state index is 0.0604. The molecule has 1 saturated carbocycles. The third-order valence-corrected chi connectivity index (χ3v) is 7.22. The van der Waals surface area contributed by atoms with Gasteiger partial charge in [-0.2, -0.15) is 0 Å². The number of allylic oxidation sites excluding steroid dienone is 4. The van der Waals surface area contributed by atoms with Gasteiger partial charge in [0, 0.05) is 5.92 Å². The molecular formula is C19H26O2. The Labute approximate surface area is 127 Å². The van der Waals surface area contributed by atoms with Crippen LogP contribution in [0, 0.1) is 28.6 Å². The SMILES string of the molecule is CC1=CC2=CC[C@@H]3[C@H](CC[C@]4(C)C(=O)OC[C@@H]34)[C@@]2(C)CC1. The van der Waals surface area contributed by atoms with Crippen LogP contribution in [0.25, 0.3) is 0 Å². The van der Waals surface area contributed by atoms with Crippen molar-refractivity contribution in [3.05, 3.63) is 23.3 Å². The van der Waals surface area contributed by atoms with Crippen LogP contribution in [0.1, 0.15) is 52.9 Å². The minimum Gasteiger partial charge on any atom is -0.465 e. The number of carbonyl (C=O) groups excluding carboxylic acids is 1. The lowest BCUT2D eigenvalue weighted by atomic mass is 9.48. The molecule has 0 aromatic heterocycles. The van der Waals surface area contributed by atoms with E-state index < -0.39 is 0 Å². The zero-order valence-electron chi connectivity index (χ0n) is 13.4. The zero-order chi connectivity index (χ0) is 14.8. The van der Waals surface area contributed by atoms with Crippen LogP contribution in [0.15, 0.2) is 23.3 Å². The van der Waals surface area contributed by atoms with Gasteiger partial charge in [-0.05, 0) is 68.8 Å². The maximum Gasteiger partial charge on any atom is 0.312 e. The highest BCUT2D eigenvalue weighted by molar-refractivity contribution is 5.79. The summed E-state index contributed by atoms with van der Waals surface area (Å²) in [6.45, 7) is 7.53. The van der Waals surface area contributed by atoms with Gasteiger partial charge < -0.3 is 4.74 Å². The van der Waals surface area contributed by atoms with Crippen LogP contribution in [0.3, 0.4) is 0 Å². The van der Waals surface area contributed by atoms with E-state index in [2.05, 4.69) is 32.9 Å². The Bertz CT molecular complexity index is 558. The number of fused-ring (bicyclic) bond motifs is 5. The van der Waals surface area contributed by atoms with Crippen LogP contribution in [-0.4, -0.2) is 12.6 Å². The Balaban J connectivity index is 1.73. The number of cyclic esters (lactones) is 1. The summed E-state index contributed by atoms with van der Waals surface area (Å²) in [4.78, 5) is 12.2. The van der Waals surface area contributed by atoms with E-state index in [0.717, 1.165) is 18.8 Å². The molecule has 0 amide bonds. The van der Waals surface area contributed by atoms with Crippen molar-refractivity contribution in [2.45, 2.75) is 52.9 Å². The second-order valence-corrected chi connectivity index (χ2v) is 8.23. The van der Waals surface area contributed by atoms with Crippen molar-refractivity contribution in [1.82, 2.24) is 0 Å². The van der Waals surface area contributed by atoms with Crippen molar-refractivity contribution in [2.75, 3.05) is 6.61 Å². The third kappa shape index (κ3) is 1.68. The Morgan fingerprint density at radius 3 is 2.81 bits per heavy atom. The lowest BCUT2D eigenvalue weighted by Gasteiger charge is -2.54. The van der Waals surface area contributed by atoms with Crippen molar-refractivity contribution in [3.63, 3.8) is 0 Å². The van der Waals surface area contributed by atoms with Crippen LogP contribution in [0.2, 0.25) is 0 Å². The normalized spacial score (nSPS) is 48.5. The van der Waals surface area contributed by atoms with Gasteiger partial charge in [0.2, 0.25) is 0 Å². The first kappa shape index (κ1) is 13.6. The fourth-order valence-electron chi connectivity index (χ4n) is 5.68. The first-order chi connectivity index (χ1) is 9.95. The number of esters is 1. The molecule has 2 nitrogen and oxygen atoms in total. The van der Waals surface area contributed by atoms with Crippen LogP contribution < -0.4 is 0 Å². The Morgan fingerprint density at radius 1 is 1.19 bits per heavy atom. The van der Waals surface area contributed by atoms with Crippen molar-refractivity contribution >= 4 is 5.97 Å². The summed E-state index contributed by atoms with van der Waals surface area (Å²) in [5.74, 6) is 1.86. The van der Waals surface area contributed by atoms with E-state index in [-0.39, 0.29) is 11.4 Å². The minimum atomic E-state index is -0.205. The van der Waals surface area contributed by atoms with Gasteiger partial charge in [0.1, 0.15) is 0 Å². The summed E-state index contributed by atoms with van der Waals surface area (Å²) >= 11 is 0. The molecule has 0 N–H and O–H groups in total. The summed E-state index contributed by atoms with van der Waals surface area (Å²) in [6, 6.07) is 0. The molecule has 3 aliphatic carbocycles. The standard InChI is InChI=1S/C19H26O2/c1-12-6-8-18(2)13(10-12)4-5-14-15(18)7-9-19(3)16(14)11-21-17(19)20/h4,10,14-16H,5-9,11H2,1-3H3/t14-,15+,16+,18+,19+/m1/s1. The van der Waals surface area contributed by atoms with Gasteiger partial charge in [-0.1, -0.05) is 24.6 Å². The van der Waals surface area contributed by atoms with E-state index in [1.54, 1.807) is 5.57 Å². The topological polar surface area (TPSA) is 26.3 Å². The second kappa shape index (κ2) is 4.24. The molecule has 4 rings (SSSR count). The molecule has 1 aliphatic heterocycles. The summed E-state index contributed by atoms with van der Waals surface area (Å²) in [6.07, 6.45) is 10.8. The molecule has 21 heavy (non-hydrogen) atoms. The summed E-state index contributed by atoms with van der Waals surface area (Å²) in [5, 5.41) is 0. The molecule has 0 unspecified atom stereocenters. The molecule has 2 fully saturated rings. The Kier molecular flexibility index (Phi) is 2.75. The van der Waals surface area contributed by atoms with Gasteiger partial charge >= 0.3 is 5.97 Å². The quantitative estimate of drug-likeness (QED) is 0.622. The fraction of sp³-hybridized carbons (Fsp3) is 0.737. The highest BCUT2D eigenvalue weighted by atomic mass is 16.5. The maximum absolute atomic E-state index is 12.2. The number of hydrogen-bond donors (Lipinski definition) is 0. The van der Waals surface area contributed by atoms with Crippen molar-refractivity contribution in [3.8, 4) is 0 Å². The van der Waals surface area contributed by atoms with Gasteiger partial charge in [0.25, 0.3) is 0 Å². The molecule has 2 heteroatoms. The van der Waals surface area contributed by atoms with Gasteiger partial charge in [-0.15, -0.1) is 0 Å². The second-order valence-electron chi connectivity index (χ2n) is 8.23. The van der Waals surface area contributed by atoms with E-state index in [0.29, 0.717) is 23.9 Å². The molecule has 1 heterocycles. The van der Waals surface area contributed by atoms with E-state index in [4.69, 9.17) is 4.74 Å². The summed E-state index contributed by atoms with van der Waals surface area (Å²) < 4.78 is 5.47. The largest absolute Gasteiger partial charge is 0.465 e. The Morgan fingerprint density at radius 2 is 2.00 bits per heavy atom. The number of hydrogen-bond acceptors (Lipinski definition) is 2. The highest BCUT2D eigenvalue weighted by Gasteiger charge is 2.59. The molecule has 0 radical (unpaired) electrons. The molecular weight excluding hydrogens is 260 g/mol. The van der Waals surface area contributed by atoms with Gasteiger partial charge in [0.05, 0.1) is 12.0 Å². The van der Waals surface area contributed by atoms with Crippen LogP contribution in [0.5, 0.6) is 0 Å². The fourth-order valence-corrected chi connectivity index (χ4v) is 5.68. The first-order valence-electron chi connectivity index (χ1n) is 8.50. The molecule has 1 saturated heterocycles. The summed E-state index contributed by atoms with van der Waals surface area (Å²) in [7, 11) is 0. The van der Waals surface area contributed by atoms with Gasteiger partial charge in [-0.25, -0.2) is 0 Å². The third-order valence-electron chi connectivity index (χ3n) is 7.22. The van der Waals surface area contributed by atoms with Crippen LogP contribution >= 0.6 is 0 Å². The van der Waals surface area contributed by atoms with Crippen LogP contribution in [0.4, 0.5) is 0 Å². The Hall–Kier alpha value is -1.05. The summed E-state index contributed by atoms with van der Waals surface area (Å²) in [5.41, 5.74) is 3.22. The van der Waals surface area contributed by atoms with Crippen molar-refractivity contribution in [2.24, 2.45) is 28.6 Å². The molecule has 0 aromatic rings. The predicted octanol–water partition coefficient (Wildman–Crippen LogP) is 4.27. The molecule has 0 spiro atoms.